The largest absolute Gasteiger partial charge is 0.310 e. The molecule has 0 radical (unpaired) electrons. The molecule has 0 aliphatic heterocycles. The van der Waals surface area contributed by atoms with Gasteiger partial charge in [-0.1, -0.05) is 37.3 Å². The number of benzene rings is 1. The summed E-state index contributed by atoms with van der Waals surface area (Å²) >= 11 is 1.60. The van der Waals surface area contributed by atoms with Crippen LogP contribution in [0.4, 0.5) is 0 Å². The van der Waals surface area contributed by atoms with Gasteiger partial charge in [0.05, 0.1) is 5.39 Å². The third-order valence-corrected chi connectivity index (χ3v) is 4.34. The number of fused-ring (bicyclic) bond motifs is 1. The third-order valence-electron chi connectivity index (χ3n) is 3.34. The van der Waals surface area contributed by atoms with Crippen LogP contribution in [0.2, 0.25) is 0 Å². The monoisotopic (exact) mass is 284 g/mol. The number of nitrogens with one attached hydrogen (secondary N) is 1. The van der Waals surface area contributed by atoms with E-state index in [-0.39, 0.29) is 5.56 Å². The Morgan fingerprint density at radius 2 is 2.00 bits per heavy atom. The lowest BCUT2D eigenvalue weighted by Crippen LogP contribution is -2.11. The van der Waals surface area contributed by atoms with Gasteiger partial charge in [0, 0.05) is 16.9 Å². The van der Waals surface area contributed by atoms with Crippen molar-refractivity contribution < 1.29 is 0 Å². The van der Waals surface area contributed by atoms with Crippen molar-refractivity contribution in [2.45, 2.75) is 26.7 Å². The highest BCUT2D eigenvalue weighted by Gasteiger charge is 2.16. The second-order valence-electron chi connectivity index (χ2n) is 4.84. The van der Waals surface area contributed by atoms with Crippen LogP contribution in [0, 0.1) is 6.92 Å². The summed E-state index contributed by atoms with van der Waals surface area (Å²) in [5, 5.41) is 0.721. The standard InChI is InChI=1S/C16H16N2OS/c1-3-7-12-17-15(19)14-13(10(2)20-16(14)18-12)11-8-5-4-6-9-11/h4-6,8-9H,3,7H2,1-2H3,(H,17,18,19). The minimum Gasteiger partial charge on any atom is -0.310 e. The molecule has 2 aromatic heterocycles. The molecule has 0 aliphatic carbocycles. The summed E-state index contributed by atoms with van der Waals surface area (Å²) in [5.41, 5.74) is 2.07. The van der Waals surface area contributed by atoms with Gasteiger partial charge >= 0.3 is 0 Å². The topological polar surface area (TPSA) is 45.8 Å². The van der Waals surface area contributed by atoms with Gasteiger partial charge in [0.1, 0.15) is 10.7 Å². The summed E-state index contributed by atoms with van der Waals surface area (Å²) in [4.78, 5) is 21.9. The molecule has 0 spiro atoms. The number of aromatic nitrogens is 2. The van der Waals surface area contributed by atoms with Crippen LogP contribution in [0.5, 0.6) is 0 Å². The molecule has 3 rings (SSSR count). The molecule has 3 nitrogen and oxygen atoms in total. The molecule has 0 saturated carbocycles. The number of aromatic amines is 1. The first-order chi connectivity index (χ1) is 9.70. The van der Waals surface area contributed by atoms with Crippen molar-refractivity contribution in [3.63, 3.8) is 0 Å². The number of aryl methyl sites for hydroxylation is 2. The van der Waals surface area contributed by atoms with Crippen LogP contribution >= 0.6 is 11.3 Å². The molecular formula is C16H16N2OS. The quantitative estimate of drug-likeness (QED) is 0.792. The van der Waals surface area contributed by atoms with Crippen molar-refractivity contribution in [2.75, 3.05) is 0 Å². The van der Waals surface area contributed by atoms with Gasteiger partial charge in [0.25, 0.3) is 5.56 Å². The summed E-state index contributed by atoms with van der Waals surface area (Å²) in [6.07, 6.45) is 1.78. The van der Waals surface area contributed by atoms with E-state index in [0.29, 0.717) is 0 Å². The molecule has 4 heteroatoms. The fourth-order valence-electron chi connectivity index (χ4n) is 2.47. The van der Waals surface area contributed by atoms with Gasteiger partial charge in [-0.25, -0.2) is 4.98 Å². The van der Waals surface area contributed by atoms with Crippen molar-refractivity contribution in [3.05, 3.63) is 51.4 Å². The second-order valence-corrected chi connectivity index (χ2v) is 6.05. The molecule has 1 N–H and O–H groups in total. The Morgan fingerprint density at radius 3 is 2.70 bits per heavy atom. The van der Waals surface area contributed by atoms with E-state index in [0.717, 1.165) is 44.9 Å². The highest BCUT2D eigenvalue weighted by Crippen LogP contribution is 2.35. The minimum absolute atomic E-state index is 0.0262. The molecule has 1 aromatic carbocycles. The Kier molecular flexibility index (Phi) is 3.40. The molecule has 0 fully saturated rings. The summed E-state index contributed by atoms with van der Waals surface area (Å²) in [5.74, 6) is 0.783. The molecule has 0 saturated heterocycles. The molecule has 0 aliphatic rings. The number of H-pyrrole nitrogens is 1. The van der Waals surface area contributed by atoms with Crippen molar-refractivity contribution in [1.29, 1.82) is 0 Å². The van der Waals surface area contributed by atoms with E-state index in [1.54, 1.807) is 11.3 Å². The predicted molar refractivity (Wildman–Crippen MR) is 84.4 cm³/mol. The molecule has 2 heterocycles. The third kappa shape index (κ3) is 2.16. The lowest BCUT2D eigenvalue weighted by Gasteiger charge is -2.02. The van der Waals surface area contributed by atoms with Gasteiger partial charge in [-0.05, 0) is 18.9 Å². The van der Waals surface area contributed by atoms with Crippen LogP contribution in [-0.2, 0) is 6.42 Å². The van der Waals surface area contributed by atoms with Crippen LogP contribution in [-0.4, -0.2) is 9.97 Å². The zero-order chi connectivity index (χ0) is 14.1. The van der Waals surface area contributed by atoms with E-state index < -0.39 is 0 Å². The zero-order valence-electron chi connectivity index (χ0n) is 11.6. The summed E-state index contributed by atoms with van der Waals surface area (Å²) in [6.45, 7) is 4.13. The lowest BCUT2D eigenvalue weighted by atomic mass is 10.0. The first kappa shape index (κ1) is 13.1. The van der Waals surface area contributed by atoms with Crippen LogP contribution in [0.25, 0.3) is 21.3 Å². The maximum atomic E-state index is 12.4. The van der Waals surface area contributed by atoms with Crippen molar-refractivity contribution in [2.24, 2.45) is 0 Å². The normalized spacial score (nSPS) is 11.1. The van der Waals surface area contributed by atoms with E-state index in [1.165, 1.54) is 0 Å². The molecule has 0 unspecified atom stereocenters. The molecule has 0 bridgehead atoms. The Balaban J connectivity index is 2.29. The van der Waals surface area contributed by atoms with Gasteiger partial charge in [0.15, 0.2) is 0 Å². The van der Waals surface area contributed by atoms with Crippen LogP contribution in [0.1, 0.15) is 24.0 Å². The molecule has 3 aromatic rings. The molecule has 0 amide bonds. The van der Waals surface area contributed by atoms with Gasteiger partial charge < -0.3 is 4.98 Å². The van der Waals surface area contributed by atoms with Gasteiger partial charge in [-0.15, -0.1) is 11.3 Å². The van der Waals surface area contributed by atoms with E-state index in [9.17, 15) is 4.79 Å². The van der Waals surface area contributed by atoms with Crippen LogP contribution in [0.3, 0.4) is 0 Å². The highest BCUT2D eigenvalue weighted by atomic mass is 32.1. The van der Waals surface area contributed by atoms with Crippen LogP contribution in [0.15, 0.2) is 35.1 Å². The number of thiophene rings is 1. The van der Waals surface area contributed by atoms with Gasteiger partial charge in [0.2, 0.25) is 0 Å². The van der Waals surface area contributed by atoms with Crippen molar-refractivity contribution in [3.8, 4) is 11.1 Å². The fraction of sp³-hybridized carbons (Fsp3) is 0.250. The first-order valence-corrected chi connectivity index (χ1v) is 7.60. The summed E-state index contributed by atoms with van der Waals surface area (Å²) < 4.78 is 0. The van der Waals surface area contributed by atoms with Crippen molar-refractivity contribution >= 4 is 21.6 Å². The average molecular weight is 284 g/mol. The van der Waals surface area contributed by atoms with Crippen molar-refractivity contribution in [1.82, 2.24) is 9.97 Å². The maximum absolute atomic E-state index is 12.4. The van der Waals surface area contributed by atoms with E-state index in [2.05, 4.69) is 16.9 Å². The Hall–Kier alpha value is -1.94. The summed E-state index contributed by atoms with van der Waals surface area (Å²) in [6, 6.07) is 10.0. The number of hydrogen-bond acceptors (Lipinski definition) is 3. The fourth-order valence-corrected chi connectivity index (χ4v) is 3.54. The van der Waals surface area contributed by atoms with Gasteiger partial charge in [-0.3, -0.25) is 4.79 Å². The molecule has 102 valence electrons. The Labute approximate surface area is 121 Å². The van der Waals surface area contributed by atoms with E-state index >= 15 is 0 Å². The van der Waals surface area contributed by atoms with Gasteiger partial charge in [-0.2, -0.15) is 0 Å². The number of nitrogens with zero attached hydrogens (tertiary/aromatic N) is 1. The molecule has 0 atom stereocenters. The average Bonchev–Trinajstić information content (AvgIpc) is 2.77. The second kappa shape index (κ2) is 5.21. The SMILES string of the molecule is CCCc1nc2sc(C)c(-c3ccccc3)c2c(=O)[nH]1. The number of rotatable bonds is 3. The van der Waals surface area contributed by atoms with E-state index in [4.69, 9.17) is 0 Å². The Morgan fingerprint density at radius 1 is 1.25 bits per heavy atom. The first-order valence-electron chi connectivity index (χ1n) is 6.78. The Bertz CT molecular complexity index is 802. The maximum Gasteiger partial charge on any atom is 0.260 e. The smallest absolute Gasteiger partial charge is 0.260 e. The van der Waals surface area contributed by atoms with E-state index in [1.807, 2.05) is 37.3 Å². The molecule has 20 heavy (non-hydrogen) atoms. The molecular weight excluding hydrogens is 268 g/mol. The summed E-state index contributed by atoms with van der Waals surface area (Å²) in [7, 11) is 0. The predicted octanol–water partition coefficient (Wildman–Crippen LogP) is 3.91. The van der Waals surface area contributed by atoms with Crippen LogP contribution < -0.4 is 5.56 Å². The number of hydrogen-bond donors (Lipinski definition) is 1. The minimum atomic E-state index is -0.0262. The zero-order valence-corrected chi connectivity index (χ0v) is 12.4. The lowest BCUT2D eigenvalue weighted by molar-refractivity contribution is 0.838. The highest BCUT2D eigenvalue weighted by molar-refractivity contribution is 7.19.